The van der Waals surface area contributed by atoms with Crippen molar-refractivity contribution in [3.8, 4) is 17.6 Å². The molecule has 1 fully saturated rings. The lowest BCUT2D eigenvalue weighted by atomic mass is 9.86. The zero-order chi connectivity index (χ0) is 17.5. The summed E-state index contributed by atoms with van der Waals surface area (Å²) in [7, 11) is 0. The van der Waals surface area contributed by atoms with Gasteiger partial charge in [-0.1, -0.05) is 19.8 Å². The number of amides is 1. The van der Waals surface area contributed by atoms with Crippen LogP contribution in [0.25, 0.3) is 0 Å². The molecule has 130 valence electrons. The van der Waals surface area contributed by atoms with Gasteiger partial charge >= 0.3 is 0 Å². The number of benzene rings is 1. The monoisotopic (exact) mass is 394 g/mol. The Morgan fingerprint density at radius 3 is 2.79 bits per heavy atom. The molecule has 1 aromatic carbocycles. The predicted molar refractivity (Wildman–Crippen MR) is 95.1 cm³/mol. The molecule has 0 bridgehead atoms. The van der Waals surface area contributed by atoms with Gasteiger partial charge < -0.3 is 14.8 Å². The lowest BCUT2D eigenvalue weighted by molar-refractivity contribution is -0.124. The molecular weight excluding hydrogens is 372 g/mol. The van der Waals surface area contributed by atoms with Crippen molar-refractivity contribution in [2.75, 3.05) is 13.2 Å². The summed E-state index contributed by atoms with van der Waals surface area (Å²) in [5.74, 6) is 1.28. The lowest BCUT2D eigenvalue weighted by Gasteiger charge is -2.29. The minimum Gasteiger partial charge on any atom is -0.490 e. The molecule has 0 saturated heterocycles. The van der Waals surface area contributed by atoms with Crippen LogP contribution >= 0.6 is 15.9 Å². The van der Waals surface area contributed by atoms with Crippen LogP contribution in [0.4, 0.5) is 0 Å². The molecule has 0 radical (unpaired) electrons. The topological polar surface area (TPSA) is 71.3 Å². The largest absolute Gasteiger partial charge is 0.490 e. The van der Waals surface area contributed by atoms with E-state index in [-0.39, 0.29) is 18.6 Å². The Hall–Kier alpha value is -1.74. The highest BCUT2D eigenvalue weighted by atomic mass is 79.9. The van der Waals surface area contributed by atoms with Crippen LogP contribution in [0.3, 0.4) is 0 Å². The summed E-state index contributed by atoms with van der Waals surface area (Å²) >= 11 is 3.38. The van der Waals surface area contributed by atoms with Gasteiger partial charge in [-0.2, -0.15) is 5.26 Å². The van der Waals surface area contributed by atoms with Gasteiger partial charge in [-0.3, -0.25) is 4.79 Å². The lowest BCUT2D eigenvalue weighted by Crippen LogP contribution is -2.43. The maximum Gasteiger partial charge on any atom is 0.258 e. The van der Waals surface area contributed by atoms with Crippen molar-refractivity contribution in [3.05, 3.63) is 22.2 Å². The second kappa shape index (κ2) is 8.93. The SMILES string of the molecule is CCOc1cc(C#N)cc(Br)c1OCC(=O)NC1CCCCC1C. The Morgan fingerprint density at radius 1 is 1.38 bits per heavy atom. The first-order chi connectivity index (χ1) is 11.5. The molecule has 1 saturated carbocycles. The maximum absolute atomic E-state index is 12.2. The molecule has 1 aliphatic rings. The third-order valence-electron chi connectivity index (χ3n) is 4.24. The van der Waals surface area contributed by atoms with Crippen molar-refractivity contribution in [3.63, 3.8) is 0 Å². The van der Waals surface area contributed by atoms with E-state index >= 15 is 0 Å². The molecule has 24 heavy (non-hydrogen) atoms. The standard InChI is InChI=1S/C18H23BrN2O3/c1-3-23-16-9-13(10-20)8-14(19)18(16)24-11-17(22)21-15-7-5-4-6-12(15)2/h8-9,12,15H,3-7,11H2,1-2H3,(H,21,22). The van der Waals surface area contributed by atoms with E-state index in [1.807, 2.05) is 6.92 Å². The Balaban J connectivity index is 2.00. The second-order valence-corrected chi connectivity index (χ2v) is 6.91. The molecule has 5 nitrogen and oxygen atoms in total. The average molecular weight is 395 g/mol. The van der Waals surface area contributed by atoms with Crippen molar-refractivity contribution >= 4 is 21.8 Å². The van der Waals surface area contributed by atoms with Gasteiger partial charge in [0, 0.05) is 12.1 Å². The number of carbonyl (C=O) groups excluding carboxylic acids is 1. The third-order valence-corrected chi connectivity index (χ3v) is 4.83. The number of rotatable bonds is 6. The molecule has 2 unspecified atom stereocenters. The Labute approximate surface area is 151 Å². The normalized spacial score (nSPS) is 20.1. The Morgan fingerprint density at radius 2 is 2.12 bits per heavy atom. The smallest absolute Gasteiger partial charge is 0.258 e. The second-order valence-electron chi connectivity index (χ2n) is 6.05. The van der Waals surface area contributed by atoms with Gasteiger partial charge in [0.05, 0.1) is 22.7 Å². The van der Waals surface area contributed by atoms with Crippen LogP contribution in [-0.4, -0.2) is 25.2 Å². The van der Waals surface area contributed by atoms with Gasteiger partial charge in [-0.25, -0.2) is 0 Å². The highest BCUT2D eigenvalue weighted by Gasteiger charge is 2.23. The highest BCUT2D eigenvalue weighted by Crippen LogP contribution is 2.36. The van der Waals surface area contributed by atoms with Crippen LogP contribution in [0.2, 0.25) is 0 Å². The summed E-state index contributed by atoms with van der Waals surface area (Å²) in [5, 5.41) is 12.1. The number of hydrogen-bond acceptors (Lipinski definition) is 4. The number of carbonyl (C=O) groups is 1. The van der Waals surface area contributed by atoms with Crippen LogP contribution < -0.4 is 14.8 Å². The first-order valence-electron chi connectivity index (χ1n) is 8.33. The number of nitrogens with zero attached hydrogens (tertiary/aromatic N) is 1. The molecule has 6 heteroatoms. The average Bonchev–Trinajstić information content (AvgIpc) is 2.56. The van der Waals surface area contributed by atoms with Crippen LogP contribution in [0, 0.1) is 17.2 Å². The van der Waals surface area contributed by atoms with Crippen molar-refractivity contribution < 1.29 is 14.3 Å². The van der Waals surface area contributed by atoms with Crippen molar-refractivity contribution in [2.45, 2.75) is 45.6 Å². The number of ether oxygens (including phenoxy) is 2. The molecule has 0 heterocycles. The van der Waals surface area contributed by atoms with Gasteiger partial charge in [0.15, 0.2) is 18.1 Å². The van der Waals surface area contributed by atoms with Crippen LogP contribution in [0.15, 0.2) is 16.6 Å². The molecule has 1 aromatic rings. The van der Waals surface area contributed by atoms with E-state index in [1.165, 1.54) is 6.42 Å². The van der Waals surface area contributed by atoms with Crippen molar-refractivity contribution in [1.29, 1.82) is 5.26 Å². The molecule has 2 rings (SSSR count). The quantitative estimate of drug-likeness (QED) is 0.796. The Kier molecular flexibility index (Phi) is 6.92. The van der Waals surface area contributed by atoms with E-state index < -0.39 is 0 Å². The van der Waals surface area contributed by atoms with Crippen molar-refractivity contribution in [1.82, 2.24) is 5.32 Å². The van der Waals surface area contributed by atoms with E-state index in [1.54, 1.807) is 12.1 Å². The van der Waals surface area contributed by atoms with E-state index in [2.05, 4.69) is 34.2 Å². The highest BCUT2D eigenvalue weighted by molar-refractivity contribution is 9.10. The Bertz CT molecular complexity index is 627. The number of nitriles is 1. The third kappa shape index (κ3) is 4.88. The first-order valence-corrected chi connectivity index (χ1v) is 9.13. The van der Waals surface area contributed by atoms with E-state index in [9.17, 15) is 4.79 Å². The summed E-state index contributed by atoms with van der Waals surface area (Å²) in [6, 6.07) is 5.57. The van der Waals surface area contributed by atoms with E-state index in [0.717, 1.165) is 19.3 Å². The maximum atomic E-state index is 12.2. The fourth-order valence-corrected chi connectivity index (χ4v) is 3.51. The van der Waals surface area contributed by atoms with E-state index in [4.69, 9.17) is 14.7 Å². The van der Waals surface area contributed by atoms with Gasteiger partial charge in [0.25, 0.3) is 5.91 Å². The molecular formula is C18H23BrN2O3. The zero-order valence-corrected chi connectivity index (χ0v) is 15.7. The summed E-state index contributed by atoms with van der Waals surface area (Å²) in [6.07, 6.45) is 4.57. The van der Waals surface area contributed by atoms with Gasteiger partial charge in [-0.05, 0) is 47.7 Å². The summed E-state index contributed by atoms with van der Waals surface area (Å²) in [6.45, 7) is 4.40. The summed E-state index contributed by atoms with van der Waals surface area (Å²) in [5.41, 5.74) is 0.471. The minimum absolute atomic E-state index is 0.0756. The summed E-state index contributed by atoms with van der Waals surface area (Å²) in [4.78, 5) is 12.2. The molecule has 0 aliphatic heterocycles. The van der Waals surface area contributed by atoms with Crippen molar-refractivity contribution in [2.24, 2.45) is 5.92 Å². The fourth-order valence-electron chi connectivity index (χ4n) is 2.95. The zero-order valence-electron chi connectivity index (χ0n) is 14.1. The molecule has 1 amide bonds. The first kappa shape index (κ1) is 18.6. The van der Waals surface area contributed by atoms with Crippen LogP contribution in [0.1, 0.15) is 45.1 Å². The van der Waals surface area contributed by atoms with Crippen LogP contribution in [0.5, 0.6) is 11.5 Å². The number of nitrogens with one attached hydrogen (secondary N) is 1. The number of hydrogen-bond donors (Lipinski definition) is 1. The molecule has 2 atom stereocenters. The van der Waals surface area contributed by atoms with Gasteiger partial charge in [0.1, 0.15) is 0 Å². The van der Waals surface area contributed by atoms with Gasteiger partial charge in [-0.15, -0.1) is 0 Å². The predicted octanol–water partition coefficient (Wildman–Crippen LogP) is 3.79. The van der Waals surface area contributed by atoms with Gasteiger partial charge in [0.2, 0.25) is 0 Å². The van der Waals surface area contributed by atoms with Crippen LogP contribution in [-0.2, 0) is 4.79 Å². The number of halogens is 1. The molecule has 1 aliphatic carbocycles. The summed E-state index contributed by atoms with van der Waals surface area (Å²) < 4.78 is 11.8. The van der Waals surface area contributed by atoms with E-state index in [0.29, 0.717) is 34.1 Å². The fraction of sp³-hybridized carbons (Fsp3) is 0.556. The molecule has 0 aromatic heterocycles. The minimum atomic E-state index is -0.132. The molecule has 1 N–H and O–H groups in total. The molecule has 0 spiro atoms.